The minimum atomic E-state index is -0.172. The number of anilines is 3. The summed E-state index contributed by atoms with van der Waals surface area (Å²) in [7, 11) is 0. The lowest BCUT2D eigenvalue weighted by Crippen LogP contribution is -2.39. The zero-order chi connectivity index (χ0) is 18.1. The number of nitrogens with zero attached hydrogens (tertiary/aromatic N) is 4. The van der Waals surface area contributed by atoms with Crippen LogP contribution in [0.4, 0.5) is 17.2 Å². The monoisotopic (exact) mass is 352 g/mol. The maximum Gasteiger partial charge on any atom is 0.177 e. The number of rotatable bonds is 5. The van der Waals surface area contributed by atoms with Crippen molar-refractivity contribution in [3.05, 3.63) is 42.7 Å². The van der Waals surface area contributed by atoms with Gasteiger partial charge in [0, 0.05) is 42.8 Å². The van der Waals surface area contributed by atoms with E-state index in [2.05, 4.69) is 27.2 Å². The molecule has 1 aliphatic heterocycles. The zero-order valence-corrected chi connectivity index (χ0v) is 15.1. The molecule has 0 amide bonds. The van der Waals surface area contributed by atoms with Gasteiger partial charge >= 0.3 is 0 Å². The SMILES string of the molecule is CCOc1ccc(Nc2cc(N3CC[C@](C)(N)C3)nn3ccnc23)cc1. The van der Waals surface area contributed by atoms with Crippen LogP contribution in [-0.4, -0.2) is 39.8 Å². The van der Waals surface area contributed by atoms with Crippen molar-refractivity contribution in [2.24, 2.45) is 5.73 Å². The Morgan fingerprint density at radius 2 is 2.12 bits per heavy atom. The molecule has 0 spiro atoms. The number of nitrogens with two attached hydrogens (primary N) is 1. The summed E-state index contributed by atoms with van der Waals surface area (Å²) in [5.41, 5.74) is 8.78. The number of benzene rings is 1. The summed E-state index contributed by atoms with van der Waals surface area (Å²) in [5.74, 6) is 1.76. The third-order valence-electron chi connectivity index (χ3n) is 4.62. The Balaban J connectivity index is 1.64. The van der Waals surface area contributed by atoms with E-state index in [9.17, 15) is 0 Å². The second kappa shape index (κ2) is 6.49. The largest absolute Gasteiger partial charge is 0.494 e. The Morgan fingerprint density at radius 1 is 1.31 bits per heavy atom. The summed E-state index contributed by atoms with van der Waals surface area (Å²) in [6, 6.07) is 9.95. The minimum Gasteiger partial charge on any atom is -0.494 e. The van der Waals surface area contributed by atoms with E-state index >= 15 is 0 Å². The number of hydrogen-bond acceptors (Lipinski definition) is 6. The summed E-state index contributed by atoms with van der Waals surface area (Å²) in [5, 5.41) is 8.14. The number of ether oxygens (including phenoxy) is 1. The molecule has 0 aliphatic carbocycles. The van der Waals surface area contributed by atoms with Gasteiger partial charge in [0.1, 0.15) is 5.75 Å². The van der Waals surface area contributed by atoms with Crippen molar-refractivity contribution in [2.75, 3.05) is 29.9 Å². The highest BCUT2D eigenvalue weighted by atomic mass is 16.5. The van der Waals surface area contributed by atoms with Crippen molar-refractivity contribution in [2.45, 2.75) is 25.8 Å². The second-order valence-corrected chi connectivity index (χ2v) is 7.02. The molecule has 1 saturated heterocycles. The van der Waals surface area contributed by atoms with Gasteiger partial charge in [0.15, 0.2) is 11.5 Å². The molecule has 1 fully saturated rings. The molecule has 2 aromatic heterocycles. The van der Waals surface area contributed by atoms with Gasteiger partial charge in [-0.05, 0) is 44.5 Å². The number of imidazole rings is 1. The van der Waals surface area contributed by atoms with Crippen LogP contribution in [0.2, 0.25) is 0 Å². The smallest absolute Gasteiger partial charge is 0.177 e. The summed E-state index contributed by atoms with van der Waals surface area (Å²) < 4.78 is 7.31. The number of fused-ring (bicyclic) bond motifs is 1. The summed E-state index contributed by atoms with van der Waals surface area (Å²) in [6.07, 6.45) is 4.57. The molecule has 1 aliphatic rings. The van der Waals surface area contributed by atoms with Crippen LogP contribution < -0.4 is 20.7 Å². The van der Waals surface area contributed by atoms with Crippen molar-refractivity contribution in [1.82, 2.24) is 14.6 Å². The Bertz CT molecular complexity index is 902. The fraction of sp³-hybridized carbons (Fsp3) is 0.368. The standard InChI is InChI=1S/C19H24N6O/c1-3-26-15-6-4-14(5-7-15)22-16-12-17(23-25-11-9-21-18(16)25)24-10-8-19(2,20)13-24/h4-7,9,11-12,22H,3,8,10,13,20H2,1-2H3/t19-/m0/s1. The molecule has 7 heteroatoms. The molecule has 0 bridgehead atoms. The first-order valence-corrected chi connectivity index (χ1v) is 8.92. The molecule has 7 nitrogen and oxygen atoms in total. The van der Waals surface area contributed by atoms with Crippen molar-refractivity contribution >= 4 is 22.8 Å². The van der Waals surface area contributed by atoms with Crippen molar-refractivity contribution in [3.63, 3.8) is 0 Å². The molecule has 0 saturated carbocycles. The van der Waals surface area contributed by atoms with Gasteiger partial charge in [0.2, 0.25) is 0 Å². The van der Waals surface area contributed by atoms with Crippen LogP contribution in [0.3, 0.4) is 0 Å². The molecule has 4 rings (SSSR count). The molecule has 3 N–H and O–H groups in total. The number of aromatic nitrogens is 3. The van der Waals surface area contributed by atoms with Crippen molar-refractivity contribution in [3.8, 4) is 5.75 Å². The fourth-order valence-electron chi connectivity index (χ4n) is 3.29. The first-order chi connectivity index (χ1) is 12.5. The summed E-state index contributed by atoms with van der Waals surface area (Å²) in [4.78, 5) is 6.65. The molecule has 26 heavy (non-hydrogen) atoms. The van der Waals surface area contributed by atoms with Gasteiger partial charge in [0.05, 0.1) is 12.3 Å². The Kier molecular flexibility index (Phi) is 4.16. The fourth-order valence-corrected chi connectivity index (χ4v) is 3.29. The zero-order valence-electron chi connectivity index (χ0n) is 15.1. The van der Waals surface area contributed by atoms with Crippen LogP contribution in [0.25, 0.3) is 5.65 Å². The van der Waals surface area contributed by atoms with E-state index in [0.717, 1.165) is 48.1 Å². The van der Waals surface area contributed by atoms with E-state index in [1.807, 2.05) is 43.5 Å². The Hall–Kier alpha value is -2.80. The topological polar surface area (TPSA) is 80.7 Å². The van der Waals surface area contributed by atoms with Crippen LogP contribution in [-0.2, 0) is 0 Å². The highest BCUT2D eigenvalue weighted by Crippen LogP contribution is 2.29. The van der Waals surface area contributed by atoms with Gasteiger partial charge in [-0.25, -0.2) is 9.50 Å². The number of hydrogen-bond donors (Lipinski definition) is 2. The third kappa shape index (κ3) is 3.30. The first kappa shape index (κ1) is 16.7. The molecule has 1 aromatic carbocycles. The molecule has 0 radical (unpaired) electrons. The average Bonchev–Trinajstić information content (AvgIpc) is 3.23. The van der Waals surface area contributed by atoms with E-state index < -0.39 is 0 Å². The van der Waals surface area contributed by atoms with Gasteiger partial charge in [-0.2, -0.15) is 0 Å². The van der Waals surface area contributed by atoms with Crippen LogP contribution in [0, 0.1) is 0 Å². The van der Waals surface area contributed by atoms with Crippen molar-refractivity contribution in [1.29, 1.82) is 0 Å². The highest BCUT2D eigenvalue weighted by Gasteiger charge is 2.31. The molecular weight excluding hydrogens is 328 g/mol. The van der Waals surface area contributed by atoms with Crippen LogP contribution >= 0.6 is 0 Å². The predicted molar refractivity (Wildman–Crippen MR) is 103 cm³/mol. The summed E-state index contributed by atoms with van der Waals surface area (Å²) in [6.45, 7) is 6.42. The van der Waals surface area contributed by atoms with Crippen LogP contribution in [0.5, 0.6) is 5.75 Å². The number of nitrogens with one attached hydrogen (secondary N) is 1. The van der Waals surface area contributed by atoms with E-state index in [0.29, 0.717) is 6.61 Å². The van der Waals surface area contributed by atoms with Crippen LogP contribution in [0.1, 0.15) is 20.3 Å². The molecular formula is C19H24N6O. The predicted octanol–water partition coefficient (Wildman–Crippen LogP) is 2.80. The molecule has 3 aromatic rings. The minimum absolute atomic E-state index is 0.172. The average molecular weight is 352 g/mol. The lowest BCUT2D eigenvalue weighted by Gasteiger charge is -2.21. The maximum absolute atomic E-state index is 6.28. The molecule has 3 heterocycles. The van der Waals surface area contributed by atoms with Gasteiger partial charge in [0.25, 0.3) is 0 Å². The quantitative estimate of drug-likeness (QED) is 0.735. The summed E-state index contributed by atoms with van der Waals surface area (Å²) >= 11 is 0. The van der Waals surface area contributed by atoms with E-state index in [4.69, 9.17) is 10.5 Å². The molecule has 0 unspecified atom stereocenters. The van der Waals surface area contributed by atoms with E-state index in [1.165, 1.54) is 0 Å². The van der Waals surface area contributed by atoms with Crippen LogP contribution in [0.15, 0.2) is 42.7 Å². The highest BCUT2D eigenvalue weighted by molar-refractivity contribution is 5.76. The maximum atomic E-state index is 6.28. The molecule has 1 atom stereocenters. The lowest BCUT2D eigenvalue weighted by atomic mass is 10.0. The van der Waals surface area contributed by atoms with Gasteiger partial charge in [-0.15, -0.1) is 5.10 Å². The van der Waals surface area contributed by atoms with Gasteiger partial charge in [-0.3, -0.25) is 0 Å². The Labute approximate surface area is 152 Å². The van der Waals surface area contributed by atoms with Gasteiger partial charge in [-0.1, -0.05) is 0 Å². The first-order valence-electron chi connectivity index (χ1n) is 8.92. The molecule has 136 valence electrons. The van der Waals surface area contributed by atoms with E-state index in [-0.39, 0.29) is 5.54 Å². The normalized spacial score (nSPS) is 19.9. The van der Waals surface area contributed by atoms with Crippen molar-refractivity contribution < 1.29 is 4.74 Å². The lowest BCUT2D eigenvalue weighted by molar-refractivity contribution is 0.340. The Morgan fingerprint density at radius 3 is 2.81 bits per heavy atom. The third-order valence-corrected chi connectivity index (χ3v) is 4.62. The van der Waals surface area contributed by atoms with E-state index in [1.54, 1.807) is 10.7 Å². The second-order valence-electron chi connectivity index (χ2n) is 7.02. The van der Waals surface area contributed by atoms with Gasteiger partial charge < -0.3 is 20.7 Å².